The van der Waals surface area contributed by atoms with Crippen molar-refractivity contribution < 1.29 is 0 Å². The van der Waals surface area contributed by atoms with Gasteiger partial charge in [-0.15, -0.1) is 0 Å². The molecule has 1 unspecified atom stereocenters. The summed E-state index contributed by atoms with van der Waals surface area (Å²) in [5.41, 5.74) is 7.41. The summed E-state index contributed by atoms with van der Waals surface area (Å²) < 4.78 is 0. The second-order valence-electron chi connectivity index (χ2n) is 4.61. The molecule has 1 saturated heterocycles. The van der Waals surface area contributed by atoms with E-state index in [9.17, 15) is 0 Å². The SMILES string of the molecule is CC1CCCCN1c1cc(Cl)ccc1C(=N)N. The van der Waals surface area contributed by atoms with Gasteiger partial charge in [0.25, 0.3) is 0 Å². The van der Waals surface area contributed by atoms with Crippen LogP contribution in [0.1, 0.15) is 31.7 Å². The van der Waals surface area contributed by atoms with Gasteiger partial charge in [0.15, 0.2) is 0 Å². The van der Waals surface area contributed by atoms with Gasteiger partial charge >= 0.3 is 0 Å². The Balaban J connectivity index is 2.41. The number of nitrogens with zero attached hydrogens (tertiary/aromatic N) is 1. The first-order chi connectivity index (χ1) is 8.09. The molecule has 2 rings (SSSR count). The van der Waals surface area contributed by atoms with E-state index in [1.807, 2.05) is 12.1 Å². The molecule has 0 aromatic heterocycles. The highest BCUT2D eigenvalue weighted by molar-refractivity contribution is 6.31. The van der Waals surface area contributed by atoms with E-state index in [1.54, 1.807) is 6.07 Å². The maximum absolute atomic E-state index is 7.64. The Hall–Kier alpha value is -1.22. The fourth-order valence-corrected chi connectivity index (χ4v) is 2.59. The standard InChI is InChI=1S/C13H18ClN3/c1-9-4-2-3-7-17(9)12-8-10(14)5-6-11(12)13(15)16/h5-6,8-9H,2-4,7H2,1H3,(H3,15,16). The van der Waals surface area contributed by atoms with Crippen molar-refractivity contribution >= 4 is 23.1 Å². The summed E-state index contributed by atoms with van der Waals surface area (Å²) in [7, 11) is 0. The molecule has 0 spiro atoms. The van der Waals surface area contributed by atoms with Crippen LogP contribution in [-0.2, 0) is 0 Å². The van der Waals surface area contributed by atoms with E-state index >= 15 is 0 Å². The molecule has 0 bridgehead atoms. The third kappa shape index (κ3) is 2.55. The van der Waals surface area contributed by atoms with Crippen LogP contribution in [0.2, 0.25) is 5.02 Å². The molecule has 1 fully saturated rings. The highest BCUT2D eigenvalue weighted by atomic mass is 35.5. The van der Waals surface area contributed by atoms with E-state index in [1.165, 1.54) is 19.3 Å². The molecular weight excluding hydrogens is 234 g/mol. The molecule has 1 aliphatic heterocycles. The van der Waals surface area contributed by atoms with Crippen molar-refractivity contribution in [2.45, 2.75) is 32.2 Å². The van der Waals surface area contributed by atoms with Gasteiger partial charge in [-0.2, -0.15) is 0 Å². The molecule has 0 aliphatic carbocycles. The van der Waals surface area contributed by atoms with Crippen molar-refractivity contribution in [1.82, 2.24) is 0 Å². The highest BCUT2D eigenvalue weighted by Crippen LogP contribution is 2.30. The number of amidine groups is 1. The predicted molar refractivity (Wildman–Crippen MR) is 73.1 cm³/mol. The van der Waals surface area contributed by atoms with Crippen molar-refractivity contribution in [3.05, 3.63) is 28.8 Å². The summed E-state index contributed by atoms with van der Waals surface area (Å²) in [5.74, 6) is 0.106. The second-order valence-corrected chi connectivity index (χ2v) is 5.05. The van der Waals surface area contributed by atoms with E-state index in [0.717, 1.165) is 17.8 Å². The van der Waals surface area contributed by atoms with Gasteiger partial charge in [0.1, 0.15) is 5.84 Å². The zero-order chi connectivity index (χ0) is 12.4. The molecule has 1 atom stereocenters. The van der Waals surface area contributed by atoms with Crippen molar-refractivity contribution in [2.75, 3.05) is 11.4 Å². The Kier molecular flexibility index (Phi) is 3.57. The number of hydrogen-bond acceptors (Lipinski definition) is 2. The van der Waals surface area contributed by atoms with E-state index in [4.69, 9.17) is 22.7 Å². The zero-order valence-electron chi connectivity index (χ0n) is 10.0. The van der Waals surface area contributed by atoms with Crippen LogP contribution in [0.3, 0.4) is 0 Å². The van der Waals surface area contributed by atoms with Crippen molar-refractivity contribution in [3.8, 4) is 0 Å². The van der Waals surface area contributed by atoms with Crippen molar-refractivity contribution in [3.63, 3.8) is 0 Å². The molecule has 3 N–H and O–H groups in total. The maximum atomic E-state index is 7.64. The van der Waals surface area contributed by atoms with Crippen LogP contribution >= 0.6 is 11.6 Å². The molecule has 92 valence electrons. The third-order valence-corrected chi connectivity index (χ3v) is 3.60. The maximum Gasteiger partial charge on any atom is 0.124 e. The molecule has 1 aromatic carbocycles. The third-order valence-electron chi connectivity index (χ3n) is 3.36. The Morgan fingerprint density at radius 2 is 2.24 bits per heavy atom. The Morgan fingerprint density at radius 3 is 2.88 bits per heavy atom. The minimum absolute atomic E-state index is 0.106. The van der Waals surface area contributed by atoms with Crippen LogP contribution in [0.25, 0.3) is 0 Å². The minimum atomic E-state index is 0.106. The monoisotopic (exact) mass is 251 g/mol. The summed E-state index contributed by atoms with van der Waals surface area (Å²) in [6.45, 7) is 3.23. The number of nitrogen functional groups attached to an aromatic ring is 1. The smallest absolute Gasteiger partial charge is 0.124 e. The normalized spacial score (nSPS) is 20.4. The van der Waals surface area contributed by atoms with Crippen molar-refractivity contribution in [2.24, 2.45) is 5.73 Å². The van der Waals surface area contributed by atoms with Crippen LogP contribution in [0, 0.1) is 5.41 Å². The van der Waals surface area contributed by atoms with Gasteiger partial charge in [-0.05, 0) is 44.4 Å². The lowest BCUT2D eigenvalue weighted by molar-refractivity contribution is 0.484. The van der Waals surface area contributed by atoms with Gasteiger partial charge in [-0.1, -0.05) is 11.6 Å². The zero-order valence-corrected chi connectivity index (χ0v) is 10.8. The summed E-state index contributed by atoms with van der Waals surface area (Å²) in [5, 5.41) is 8.34. The average Bonchev–Trinajstić information content (AvgIpc) is 2.29. The Labute approximate surface area is 107 Å². The number of halogens is 1. The first-order valence-electron chi connectivity index (χ1n) is 6.00. The van der Waals surface area contributed by atoms with Crippen LogP contribution in [0.15, 0.2) is 18.2 Å². The molecule has 4 heteroatoms. The number of nitrogens with one attached hydrogen (secondary N) is 1. The Bertz CT molecular complexity index is 431. The first kappa shape index (κ1) is 12.2. The molecule has 1 heterocycles. The molecule has 17 heavy (non-hydrogen) atoms. The first-order valence-corrected chi connectivity index (χ1v) is 6.38. The molecule has 1 aromatic rings. The van der Waals surface area contributed by atoms with Crippen LogP contribution in [0.4, 0.5) is 5.69 Å². The van der Waals surface area contributed by atoms with Crippen LogP contribution in [0.5, 0.6) is 0 Å². The second kappa shape index (κ2) is 4.96. The van der Waals surface area contributed by atoms with Crippen LogP contribution in [-0.4, -0.2) is 18.4 Å². The number of anilines is 1. The molecule has 0 radical (unpaired) electrons. The van der Waals surface area contributed by atoms with E-state index < -0.39 is 0 Å². The summed E-state index contributed by atoms with van der Waals surface area (Å²) in [6, 6.07) is 6.03. The summed E-state index contributed by atoms with van der Waals surface area (Å²) in [6.07, 6.45) is 3.64. The van der Waals surface area contributed by atoms with Gasteiger partial charge in [0.05, 0.1) is 0 Å². The lowest BCUT2D eigenvalue weighted by atomic mass is 10.0. The largest absolute Gasteiger partial charge is 0.384 e. The number of piperidine rings is 1. The van der Waals surface area contributed by atoms with E-state index in [0.29, 0.717) is 11.1 Å². The van der Waals surface area contributed by atoms with E-state index in [-0.39, 0.29) is 5.84 Å². The molecule has 3 nitrogen and oxygen atoms in total. The fraction of sp³-hybridized carbons (Fsp3) is 0.462. The average molecular weight is 252 g/mol. The van der Waals surface area contributed by atoms with E-state index in [2.05, 4.69) is 11.8 Å². The lowest BCUT2D eigenvalue weighted by Gasteiger charge is -2.36. The highest BCUT2D eigenvalue weighted by Gasteiger charge is 2.21. The van der Waals surface area contributed by atoms with Gasteiger partial charge in [0, 0.05) is 28.9 Å². The minimum Gasteiger partial charge on any atom is -0.384 e. The molecule has 0 amide bonds. The van der Waals surface area contributed by atoms with Gasteiger partial charge in [-0.25, -0.2) is 0 Å². The van der Waals surface area contributed by atoms with Crippen LogP contribution < -0.4 is 10.6 Å². The number of benzene rings is 1. The molecular formula is C13H18ClN3. The number of rotatable bonds is 2. The lowest BCUT2D eigenvalue weighted by Crippen LogP contribution is -2.38. The quantitative estimate of drug-likeness (QED) is 0.627. The van der Waals surface area contributed by atoms with Gasteiger partial charge < -0.3 is 10.6 Å². The van der Waals surface area contributed by atoms with Crippen molar-refractivity contribution in [1.29, 1.82) is 5.41 Å². The number of nitrogens with two attached hydrogens (primary N) is 1. The summed E-state index contributed by atoms with van der Waals surface area (Å²) >= 11 is 6.05. The summed E-state index contributed by atoms with van der Waals surface area (Å²) in [4.78, 5) is 2.31. The fourth-order valence-electron chi connectivity index (χ4n) is 2.43. The molecule has 1 aliphatic rings. The van der Waals surface area contributed by atoms with Gasteiger partial charge in [0.2, 0.25) is 0 Å². The van der Waals surface area contributed by atoms with Gasteiger partial charge in [-0.3, -0.25) is 5.41 Å². The Morgan fingerprint density at radius 1 is 1.47 bits per heavy atom. The topological polar surface area (TPSA) is 53.1 Å². The number of hydrogen-bond donors (Lipinski definition) is 2. The molecule has 0 saturated carbocycles. The predicted octanol–water partition coefficient (Wildman–Crippen LogP) is 3.00.